The van der Waals surface area contributed by atoms with Crippen molar-refractivity contribution in [3.63, 3.8) is 0 Å². The van der Waals surface area contributed by atoms with Crippen molar-refractivity contribution in [3.8, 4) is 0 Å². The predicted molar refractivity (Wildman–Crippen MR) is 77.1 cm³/mol. The number of anilines is 1. The molecule has 100 valence electrons. The highest BCUT2D eigenvalue weighted by atomic mass is 35.5. The number of carbonyl (C=O) groups is 1. The Hall–Kier alpha value is -1.23. The van der Waals surface area contributed by atoms with Crippen molar-refractivity contribution in [2.45, 2.75) is 6.54 Å². The first kappa shape index (κ1) is 14.2. The maximum Gasteiger partial charge on any atom is 0.240 e. The van der Waals surface area contributed by atoms with E-state index in [0.29, 0.717) is 22.4 Å². The lowest BCUT2D eigenvalue weighted by Gasteiger charge is -2.04. The Bertz CT molecular complexity index is 598. The highest BCUT2D eigenvalue weighted by Gasteiger charge is 2.05. The molecular weight excluding hydrogens is 309 g/mol. The lowest BCUT2D eigenvalue weighted by Crippen LogP contribution is -2.13. The van der Waals surface area contributed by atoms with Gasteiger partial charge in [-0.1, -0.05) is 29.3 Å². The summed E-state index contributed by atoms with van der Waals surface area (Å²) in [6.45, 7) is 0.535. The molecule has 2 aromatic rings. The van der Waals surface area contributed by atoms with Gasteiger partial charge in [-0.2, -0.15) is 5.10 Å². The molecule has 0 saturated carbocycles. The molecule has 0 unspecified atom stereocenters. The van der Waals surface area contributed by atoms with Gasteiger partial charge in [-0.3, -0.25) is 9.48 Å². The van der Waals surface area contributed by atoms with Crippen LogP contribution < -0.4 is 5.32 Å². The average Bonchev–Trinajstić information content (AvgIpc) is 2.81. The zero-order valence-electron chi connectivity index (χ0n) is 9.74. The first-order valence-electron chi connectivity index (χ1n) is 5.41. The molecule has 0 bridgehead atoms. The van der Waals surface area contributed by atoms with Crippen LogP contribution in [-0.2, 0) is 11.3 Å². The predicted octanol–water partition coefficient (Wildman–Crippen LogP) is 3.42. The van der Waals surface area contributed by atoms with Gasteiger partial charge in [-0.15, -0.1) is 11.6 Å². The number of nitrogens with one attached hydrogen (secondary N) is 1. The minimum atomic E-state index is -0.290. The highest BCUT2D eigenvalue weighted by molar-refractivity contribution is 6.42. The summed E-state index contributed by atoms with van der Waals surface area (Å²) < 4.78 is 1.68. The van der Waals surface area contributed by atoms with Crippen LogP contribution in [0.25, 0.3) is 0 Å². The van der Waals surface area contributed by atoms with Gasteiger partial charge in [-0.05, 0) is 17.7 Å². The Labute approximate surface area is 125 Å². The largest absolute Gasteiger partial charge is 0.308 e. The third-order valence-corrected chi connectivity index (χ3v) is 3.34. The molecule has 2 rings (SSSR count). The lowest BCUT2D eigenvalue weighted by atomic mass is 10.2. The molecule has 0 aliphatic carbocycles. The van der Waals surface area contributed by atoms with Crippen molar-refractivity contribution in [2.24, 2.45) is 0 Å². The van der Waals surface area contributed by atoms with Gasteiger partial charge in [0.1, 0.15) is 5.88 Å². The van der Waals surface area contributed by atoms with Crippen molar-refractivity contribution in [1.29, 1.82) is 0 Å². The number of amides is 1. The first-order chi connectivity index (χ1) is 9.08. The Morgan fingerprint density at radius 2 is 2.05 bits per heavy atom. The van der Waals surface area contributed by atoms with Crippen molar-refractivity contribution in [2.75, 3.05) is 11.2 Å². The summed E-state index contributed by atoms with van der Waals surface area (Å²) in [6.07, 6.45) is 1.76. The maximum atomic E-state index is 11.1. The zero-order valence-corrected chi connectivity index (χ0v) is 12.0. The Morgan fingerprint density at radius 3 is 2.74 bits per heavy atom. The summed E-state index contributed by atoms with van der Waals surface area (Å²) >= 11 is 17.2. The second-order valence-electron chi connectivity index (χ2n) is 3.83. The molecule has 1 aromatic carbocycles. The molecular formula is C12H10Cl3N3O. The molecule has 1 heterocycles. The fourth-order valence-corrected chi connectivity index (χ4v) is 1.91. The van der Waals surface area contributed by atoms with Crippen LogP contribution in [0.15, 0.2) is 30.5 Å². The van der Waals surface area contributed by atoms with Crippen molar-refractivity contribution in [1.82, 2.24) is 9.78 Å². The quantitative estimate of drug-likeness (QED) is 0.878. The van der Waals surface area contributed by atoms with E-state index in [0.717, 1.165) is 5.56 Å². The molecule has 0 atom stereocenters. The number of benzene rings is 1. The van der Waals surface area contributed by atoms with Gasteiger partial charge in [-0.25, -0.2) is 0 Å². The fraction of sp³-hybridized carbons (Fsp3) is 0.167. The first-order valence-corrected chi connectivity index (χ1v) is 6.70. The molecule has 19 heavy (non-hydrogen) atoms. The molecule has 0 aliphatic rings. The second-order valence-corrected chi connectivity index (χ2v) is 4.91. The lowest BCUT2D eigenvalue weighted by molar-refractivity contribution is -0.113. The molecule has 0 radical (unpaired) electrons. The third kappa shape index (κ3) is 3.86. The summed E-state index contributed by atoms with van der Waals surface area (Å²) in [4.78, 5) is 11.1. The molecule has 1 N–H and O–H groups in total. The number of aromatic nitrogens is 2. The minimum absolute atomic E-state index is 0.0976. The summed E-state index contributed by atoms with van der Waals surface area (Å²) in [5.74, 6) is 0.0757. The summed E-state index contributed by atoms with van der Waals surface area (Å²) in [6, 6.07) is 7.08. The van der Waals surface area contributed by atoms with Crippen LogP contribution in [0.5, 0.6) is 0 Å². The standard InChI is InChI=1S/C12H10Cl3N3O/c13-6-12(19)16-11-3-4-18(17-11)7-8-1-2-9(14)10(15)5-8/h1-5H,6-7H2,(H,16,17,19). The van der Waals surface area contributed by atoms with Crippen LogP contribution in [0.1, 0.15) is 5.56 Å². The smallest absolute Gasteiger partial charge is 0.240 e. The monoisotopic (exact) mass is 317 g/mol. The van der Waals surface area contributed by atoms with Gasteiger partial charge in [0.05, 0.1) is 16.6 Å². The normalized spacial score (nSPS) is 10.5. The second kappa shape index (κ2) is 6.28. The maximum absolute atomic E-state index is 11.1. The van der Waals surface area contributed by atoms with Gasteiger partial charge in [0.2, 0.25) is 5.91 Å². The van der Waals surface area contributed by atoms with Crippen LogP contribution in [-0.4, -0.2) is 21.6 Å². The van der Waals surface area contributed by atoms with E-state index in [4.69, 9.17) is 34.8 Å². The van der Waals surface area contributed by atoms with E-state index in [1.54, 1.807) is 29.1 Å². The Morgan fingerprint density at radius 1 is 1.26 bits per heavy atom. The number of rotatable bonds is 4. The highest BCUT2D eigenvalue weighted by Crippen LogP contribution is 2.23. The molecule has 1 aromatic heterocycles. The summed E-state index contributed by atoms with van der Waals surface area (Å²) in [5, 5.41) is 7.78. The molecule has 7 heteroatoms. The SMILES string of the molecule is O=C(CCl)Nc1ccn(Cc2ccc(Cl)c(Cl)c2)n1. The number of hydrogen-bond donors (Lipinski definition) is 1. The van der Waals surface area contributed by atoms with Crippen molar-refractivity contribution < 1.29 is 4.79 Å². The summed E-state index contributed by atoms with van der Waals surface area (Å²) in [7, 11) is 0. The number of halogens is 3. The minimum Gasteiger partial charge on any atom is -0.308 e. The molecule has 1 amide bonds. The number of hydrogen-bond acceptors (Lipinski definition) is 2. The van der Waals surface area contributed by atoms with Gasteiger partial charge in [0.15, 0.2) is 5.82 Å². The van der Waals surface area contributed by atoms with Gasteiger partial charge in [0.25, 0.3) is 0 Å². The Kier molecular flexibility index (Phi) is 4.69. The van der Waals surface area contributed by atoms with Gasteiger partial charge >= 0.3 is 0 Å². The van der Waals surface area contributed by atoms with Crippen LogP contribution in [0.3, 0.4) is 0 Å². The van der Waals surface area contributed by atoms with Gasteiger partial charge < -0.3 is 5.32 Å². The third-order valence-electron chi connectivity index (χ3n) is 2.36. The molecule has 4 nitrogen and oxygen atoms in total. The van der Waals surface area contributed by atoms with E-state index in [9.17, 15) is 4.79 Å². The van der Waals surface area contributed by atoms with E-state index in [2.05, 4.69) is 10.4 Å². The van der Waals surface area contributed by atoms with E-state index in [1.807, 2.05) is 6.07 Å². The molecule has 0 spiro atoms. The van der Waals surface area contributed by atoms with Crippen LogP contribution in [0.2, 0.25) is 10.0 Å². The number of alkyl halides is 1. The van der Waals surface area contributed by atoms with E-state index < -0.39 is 0 Å². The van der Waals surface area contributed by atoms with E-state index >= 15 is 0 Å². The molecule has 0 aliphatic heterocycles. The van der Waals surface area contributed by atoms with Crippen molar-refractivity contribution >= 4 is 46.5 Å². The number of carbonyl (C=O) groups excluding carboxylic acids is 1. The van der Waals surface area contributed by atoms with Crippen molar-refractivity contribution in [3.05, 3.63) is 46.1 Å². The topological polar surface area (TPSA) is 46.9 Å². The molecule has 0 saturated heterocycles. The summed E-state index contributed by atoms with van der Waals surface area (Å²) in [5.41, 5.74) is 0.965. The van der Waals surface area contributed by atoms with Crippen LogP contribution >= 0.6 is 34.8 Å². The fourth-order valence-electron chi connectivity index (χ4n) is 1.52. The van der Waals surface area contributed by atoms with E-state index in [1.165, 1.54) is 0 Å². The van der Waals surface area contributed by atoms with E-state index in [-0.39, 0.29) is 11.8 Å². The van der Waals surface area contributed by atoms with Crippen LogP contribution in [0, 0.1) is 0 Å². The zero-order chi connectivity index (χ0) is 13.8. The number of nitrogens with zero attached hydrogens (tertiary/aromatic N) is 2. The average molecular weight is 319 g/mol. The van der Waals surface area contributed by atoms with Gasteiger partial charge in [0, 0.05) is 12.3 Å². The molecule has 0 fully saturated rings. The van der Waals surface area contributed by atoms with Crippen LogP contribution in [0.4, 0.5) is 5.82 Å². The Balaban J connectivity index is 2.07.